The molecule has 1 unspecified atom stereocenters. The predicted octanol–water partition coefficient (Wildman–Crippen LogP) is 4.73. The van der Waals surface area contributed by atoms with Crippen LogP contribution in [0, 0.1) is 13.8 Å². The topological polar surface area (TPSA) is 35.9 Å². The summed E-state index contributed by atoms with van der Waals surface area (Å²) in [6.07, 6.45) is 3.01. The van der Waals surface area contributed by atoms with Gasteiger partial charge in [-0.2, -0.15) is 5.10 Å². The van der Waals surface area contributed by atoms with E-state index in [9.17, 15) is 4.79 Å². The number of hydrogen-bond acceptors (Lipinski definition) is 3. The Morgan fingerprint density at radius 2 is 1.86 bits per heavy atom. The number of halogens is 1. The van der Waals surface area contributed by atoms with Gasteiger partial charge in [0.05, 0.1) is 18.3 Å². The minimum atomic E-state index is -0.152. The second-order valence-electron chi connectivity index (χ2n) is 7.81. The summed E-state index contributed by atoms with van der Waals surface area (Å²) in [5.41, 5.74) is 5.48. The molecule has 2 aromatic rings. The van der Waals surface area contributed by atoms with Crippen LogP contribution < -0.4 is 0 Å². The molecule has 0 saturated carbocycles. The Kier molecular flexibility index (Phi) is 5.51. The fraction of sp³-hybridized carbons (Fsp3) is 0.391. The van der Waals surface area contributed by atoms with E-state index < -0.39 is 0 Å². The van der Waals surface area contributed by atoms with Gasteiger partial charge in [0.1, 0.15) is 0 Å². The highest BCUT2D eigenvalue weighted by atomic mass is 35.5. The highest BCUT2D eigenvalue weighted by Gasteiger charge is 2.35. The van der Waals surface area contributed by atoms with Gasteiger partial charge in [0.2, 0.25) is 0 Å². The molecule has 5 heteroatoms. The molecular weight excluding hydrogens is 370 g/mol. The van der Waals surface area contributed by atoms with Crippen LogP contribution in [-0.4, -0.2) is 41.2 Å². The van der Waals surface area contributed by atoms with Gasteiger partial charge in [-0.3, -0.25) is 9.69 Å². The maximum absolute atomic E-state index is 13.1. The summed E-state index contributed by atoms with van der Waals surface area (Å²) in [4.78, 5) is 15.3. The summed E-state index contributed by atoms with van der Waals surface area (Å²) in [6.45, 7) is 6.61. The van der Waals surface area contributed by atoms with Gasteiger partial charge < -0.3 is 0 Å². The third-order valence-corrected chi connectivity index (χ3v) is 6.17. The lowest BCUT2D eigenvalue weighted by Crippen LogP contribution is -2.37. The van der Waals surface area contributed by atoms with Crippen molar-refractivity contribution in [3.63, 3.8) is 0 Å². The molecule has 1 amide bonds. The van der Waals surface area contributed by atoms with E-state index in [1.54, 1.807) is 5.01 Å². The number of nitrogens with zero attached hydrogens (tertiary/aromatic N) is 3. The number of aryl methyl sites for hydroxylation is 2. The lowest BCUT2D eigenvalue weighted by atomic mass is 9.96. The summed E-state index contributed by atoms with van der Waals surface area (Å²) in [5.74, 6) is 0.0469. The Labute approximate surface area is 171 Å². The first-order chi connectivity index (χ1) is 13.5. The quantitative estimate of drug-likeness (QED) is 0.750. The molecule has 0 N–H and O–H groups in total. The maximum Gasteiger partial charge on any atom is 0.257 e. The number of benzene rings is 2. The van der Waals surface area contributed by atoms with Crippen molar-refractivity contribution in [3.8, 4) is 0 Å². The molecule has 0 aromatic heterocycles. The van der Waals surface area contributed by atoms with Crippen molar-refractivity contribution in [2.24, 2.45) is 5.10 Å². The Morgan fingerprint density at radius 1 is 1.11 bits per heavy atom. The SMILES string of the molecule is Cc1ccc(C2=NN(C(=O)CN3CCCC3)C(c3ccccc3Cl)C2)cc1C. The summed E-state index contributed by atoms with van der Waals surface area (Å²) in [6, 6.07) is 14.0. The summed E-state index contributed by atoms with van der Waals surface area (Å²) in [5, 5.41) is 7.14. The zero-order valence-electron chi connectivity index (χ0n) is 16.5. The number of likely N-dealkylation sites (tertiary alicyclic amines) is 1. The normalized spacial score (nSPS) is 19.9. The van der Waals surface area contributed by atoms with Crippen molar-refractivity contribution >= 4 is 23.2 Å². The second kappa shape index (κ2) is 8.06. The Bertz CT molecular complexity index is 918. The highest BCUT2D eigenvalue weighted by molar-refractivity contribution is 6.31. The van der Waals surface area contributed by atoms with Crippen LogP contribution in [-0.2, 0) is 4.79 Å². The molecule has 2 aromatic carbocycles. The molecular formula is C23H26ClN3O. The fourth-order valence-electron chi connectivity index (χ4n) is 4.03. The summed E-state index contributed by atoms with van der Waals surface area (Å²) in [7, 11) is 0. The monoisotopic (exact) mass is 395 g/mol. The lowest BCUT2D eigenvalue weighted by Gasteiger charge is -2.25. The molecule has 0 bridgehead atoms. The third-order valence-electron chi connectivity index (χ3n) is 5.83. The standard InChI is InChI=1S/C23H26ClN3O/c1-16-9-10-18(13-17(16)2)21-14-22(19-7-3-4-8-20(19)24)27(25-21)23(28)15-26-11-5-6-12-26/h3-4,7-10,13,22H,5-6,11-12,14-15H2,1-2H3. The number of hydrogen-bond donors (Lipinski definition) is 0. The Morgan fingerprint density at radius 3 is 2.57 bits per heavy atom. The third kappa shape index (κ3) is 3.85. The first-order valence-corrected chi connectivity index (χ1v) is 10.3. The Balaban J connectivity index is 1.66. The molecule has 28 heavy (non-hydrogen) atoms. The average molecular weight is 396 g/mol. The van der Waals surface area contributed by atoms with Crippen LogP contribution in [0.3, 0.4) is 0 Å². The van der Waals surface area contributed by atoms with Crippen molar-refractivity contribution in [2.75, 3.05) is 19.6 Å². The smallest absolute Gasteiger partial charge is 0.257 e. The molecule has 1 fully saturated rings. The predicted molar refractivity (Wildman–Crippen MR) is 114 cm³/mol. The van der Waals surface area contributed by atoms with Gasteiger partial charge in [-0.1, -0.05) is 41.9 Å². The van der Waals surface area contributed by atoms with Crippen LogP contribution in [0.4, 0.5) is 0 Å². The largest absolute Gasteiger partial charge is 0.294 e. The molecule has 0 aliphatic carbocycles. The van der Waals surface area contributed by atoms with Crippen LogP contribution in [0.15, 0.2) is 47.6 Å². The van der Waals surface area contributed by atoms with E-state index in [0.29, 0.717) is 18.0 Å². The summed E-state index contributed by atoms with van der Waals surface area (Å²) >= 11 is 6.49. The maximum atomic E-state index is 13.1. The van der Waals surface area contributed by atoms with Crippen molar-refractivity contribution in [1.29, 1.82) is 0 Å². The minimum Gasteiger partial charge on any atom is -0.294 e. The zero-order chi connectivity index (χ0) is 19.7. The van der Waals surface area contributed by atoms with E-state index in [4.69, 9.17) is 16.7 Å². The number of hydrazone groups is 1. The number of carbonyl (C=O) groups excluding carboxylic acids is 1. The van der Waals surface area contributed by atoms with E-state index in [0.717, 1.165) is 29.9 Å². The molecule has 4 rings (SSSR count). The molecule has 4 nitrogen and oxygen atoms in total. The summed E-state index contributed by atoms with van der Waals surface area (Å²) < 4.78 is 0. The van der Waals surface area contributed by atoms with Crippen LogP contribution in [0.2, 0.25) is 5.02 Å². The van der Waals surface area contributed by atoms with E-state index >= 15 is 0 Å². The van der Waals surface area contributed by atoms with E-state index in [1.165, 1.54) is 24.0 Å². The Hall–Kier alpha value is -2.17. The van der Waals surface area contributed by atoms with Crippen LogP contribution >= 0.6 is 11.6 Å². The highest BCUT2D eigenvalue weighted by Crippen LogP contribution is 2.36. The van der Waals surface area contributed by atoms with Gasteiger partial charge in [-0.05, 0) is 74.2 Å². The van der Waals surface area contributed by atoms with Gasteiger partial charge in [0.25, 0.3) is 5.91 Å². The van der Waals surface area contributed by atoms with E-state index in [1.807, 2.05) is 24.3 Å². The molecule has 2 aliphatic rings. The molecule has 0 spiro atoms. The van der Waals surface area contributed by atoms with Crippen LogP contribution in [0.25, 0.3) is 0 Å². The van der Waals surface area contributed by atoms with Gasteiger partial charge >= 0.3 is 0 Å². The molecule has 2 aliphatic heterocycles. The van der Waals surface area contributed by atoms with Gasteiger partial charge in [-0.25, -0.2) is 5.01 Å². The van der Waals surface area contributed by atoms with Gasteiger partial charge in [-0.15, -0.1) is 0 Å². The number of rotatable bonds is 4. The van der Waals surface area contributed by atoms with E-state index in [-0.39, 0.29) is 11.9 Å². The molecule has 2 heterocycles. The van der Waals surface area contributed by atoms with Crippen molar-refractivity contribution < 1.29 is 4.79 Å². The lowest BCUT2D eigenvalue weighted by molar-refractivity contribution is -0.134. The first-order valence-electron chi connectivity index (χ1n) is 9.97. The number of amides is 1. The first kappa shape index (κ1) is 19.2. The average Bonchev–Trinajstić information content (AvgIpc) is 3.34. The second-order valence-corrected chi connectivity index (χ2v) is 8.22. The zero-order valence-corrected chi connectivity index (χ0v) is 17.2. The van der Waals surface area contributed by atoms with Crippen LogP contribution in [0.5, 0.6) is 0 Å². The minimum absolute atomic E-state index is 0.0469. The molecule has 1 saturated heterocycles. The van der Waals surface area contributed by atoms with Crippen molar-refractivity contribution in [3.05, 3.63) is 69.7 Å². The molecule has 146 valence electrons. The molecule has 1 atom stereocenters. The molecule has 0 radical (unpaired) electrons. The van der Waals surface area contributed by atoms with Crippen molar-refractivity contribution in [2.45, 2.75) is 39.2 Å². The van der Waals surface area contributed by atoms with Gasteiger partial charge in [0, 0.05) is 11.4 Å². The van der Waals surface area contributed by atoms with Crippen molar-refractivity contribution in [1.82, 2.24) is 9.91 Å². The number of carbonyl (C=O) groups is 1. The van der Waals surface area contributed by atoms with Crippen LogP contribution in [0.1, 0.15) is 47.6 Å². The fourth-order valence-corrected chi connectivity index (χ4v) is 4.29. The van der Waals surface area contributed by atoms with E-state index in [2.05, 4.69) is 36.9 Å². The van der Waals surface area contributed by atoms with Gasteiger partial charge in [0.15, 0.2) is 0 Å².